The minimum Gasteiger partial charge on any atom is -0.339 e. The molecule has 140 valence electrons. The summed E-state index contributed by atoms with van der Waals surface area (Å²) in [7, 11) is 0. The second kappa shape index (κ2) is 8.60. The fourth-order valence-electron chi connectivity index (χ4n) is 3.47. The first kappa shape index (κ1) is 18.8. The molecule has 1 aliphatic heterocycles. The third-order valence-electron chi connectivity index (χ3n) is 5.00. The quantitative estimate of drug-likeness (QED) is 0.499. The monoisotopic (exact) mass is 365 g/mol. The van der Waals surface area contributed by atoms with Crippen LogP contribution in [-0.4, -0.2) is 28.8 Å². The molecule has 1 fully saturated rings. The van der Waals surface area contributed by atoms with Crippen LogP contribution >= 0.6 is 0 Å². The van der Waals surface area contributed by atoms with Crippen molar-refractivity contribution in [2.75, 3.05) is 13.1 Å². The number of para-hydroxylation sites is 1. The van der Waals surface area contributed by atoms with E-state index in [1.807, 2.05) is 12.1 Å². The van der Waals surface area contributed by atoms with Crippen LogP contribution in [0.2, 0.25) is 0 Å². The lowest BCUT2D eigenvalue weighted by atomic mass is 9.88. The molecule has 2 aromatic rings. The largest absolute Gasteiger partial charge is 0.339 e. The topological polar surface area (TPSA) is 89.5 Å². The first-order chi connectivity index (χ1) is 13.1. The Morgan fingerprint density at radius 3 is 2.63 bits per heavy atom. The molecule has 0 saturated carbocycles. The smallest absolute Gasteiger partial charge is 0.276 e. The van der Waals surface area contributed by atoms with Crippen molar-refractivity contribution in [1.29, 1.82) is 0 Å². The summed E-state index contributed by atoms with van der Waals surface area (Å²) < 4.78 is 0. The van der Waals surface area contributed by atoms with Gasteiger partial charge in [-0.1, -0.05) is 36.4 Å². The first-order valence-electron chi connectivity index (χ1n) is 9.08. The maximum atomic E-state index is 12.4. The number of amides is 1. The van der Waals surface area contributed by atoms with Crippen LogP contribution in [0.4, 0.5) is 5.69 Å². The zero-order chi connectivity index (χ0) is 19.2. The molecule has 2 aromatic carbocycles. The van der Waals surface area contributed by atoms with Gasteiger partial charge in [-0.05, 0) is 42.0 Å². The summed E-state index contributed by atoms with van der Waals surface area (Å²) in [5.41, 5.74) is 8.55. The summed E-state index contributed by atoms with van der Waals surface area (Å²) in [4.78, 5) is 24.9. The van der Waals surface area contributed by atoms with Crippen molar-refractivity contribution in [3.8, 4) is 0 Å². The molecule has 3 rings (SSSR count). The Morgan fingerprint density at radius 2 is 1.93 bits per heavy atom. The summed E-state index contributed by atoms with van der Waals surface area (Å²) in [6.07, 6.45) is 4.76. The number of piperidine rings is 1. The number of nitro groups is 1. The Bertz CT molecular complexity index is 855. The molecule has 0 unspecified atom stereocenters. The Balaban J connectivity index is 1.61. The van der Waals surface area contributed by atoms with Gasteiger partial charge in [-0.2, -0.15) is 0 Å². The molecule has 6 heteroatoms. The average Bonchev–Trinajstić information content (AvgIpc) is 2.72. The second-order valence-electron chi connectivity index (χ2n) is 6.70. The summed E-state index contributed by atoms with van der Waals surface area (Å²) in [6.45, 7) is 1.89. The number of rotatable bonds is 5. The van der Waals surface area contributed by atoms with Gasteiger partial charge in [0.15, 0.2) is 0 Å². The minimum absolute atomic E-state index is 0.0000405. The summed E-state index contributed by atoms with van der Waals surface area (Å²) in [6, 6.07) is 14.7. The molecule has 1 heterocycles. The molecular formula is C21H23N3O3. The fourth-order valence-corrected chi connectivity index (χ4v) is 3.47. The van der Waals surface area contributed by atoms with Gasteiger partial charge in [0.1, 0.15) is 0 Å². The number of nitrogens with zero attached hydrogens (tertiary/aromatic N) is 2. The number of carbonyl (C=O) groups is 1. The van der Waals surface area contributed by atoms with E-state index in [1.165, 1.54) is 23.8 Å². The predicted octanol–water partition coefficient (Wildman–Crippen LogP) is 3.47. The molecule has 2 N–H and O–H groups in total. The Labute approximate surface area is 158 Å². The minimum atomic E-state index is -0.439. The highest BCUT2D eigenvalue weighted by atomic mass is 16.6. The standard InChI is InChI=1S/C21H23N3O3/c22-15-16-4-3-6-19(14-16)17-10-12-23(13-11-17)21(25)9-8-18-5-1-2-7-20(18)24(26)27/h1-9,14,17H,10-13,15,22H2/b9-8+. The number of nitrogens with two attached hydrogens (primary N) is 1. The van der Waals surface area contributed by atoms with E-state index in [4.69, 9.17) is 5.73 Å². The van der Waals surface area contributed by atoms with Gasteiger partial charge in [-0.25, -0.2) is 0 Å². The van der Waals surface area contributed by atoms with Crippen LogP contribution in [0.5, 0.6) is 0 Å². The first-order valence-corrected chi connectivity index (χ1v) is 9.08. The van der Waals surface area contributed by atoms with Crippen LogP contribution in [0.25, 0.3) is 6.08 Å². The van der Waals surface area contributed by atoms with Crippen LogP contribution in [0.1, 0.15) is 35.4 Å². The van der Waals surface area contributed by atoms with E-state index in [0.717, 1.165) is 18.4 Å². The van der Waals surface area contributed by atoms with Gasteiger partial charge in [0.05, 0.1) is 10.5 Å². The highest BCUT2D eigenvalue weighted by molar-refractivity contribution is 5.92. The SMILES string of the molecule is NCc1cccc(C2CCN(C(=O)/C=C/c3ccccc3[N+](=O)[O-])CC2)c1. The molecule has 0 atom stereocenters. The van der Waals surface area contributed by atoms with Crippen molar-refractivity contribution < 1.29 is 9.72 Å². The number of likely N-dealkylation sites (tertiary alicyclic amines) is 1. The Morgan fingerprint density at radius 1 is 1.19 bits per heavy atom. The number of carbonyl (C=O) groups excluding carboxylic acids is 1. The zero-order valence-corrected chi connectivity index (χ0v) is 15.1. The van der Waals surface area contributed by atoms with E-state index in [1.54, 1.807) is 23.1 Å². The van der Waals surface area contributed by atoms with Crippen molar-refractivity contribution >= 4 is 17.7 Å². The van der Waals surface area contributed by atoms with Crippen molar-refractivity contribution in [1.82, 2.24) is 4.90 Å². The third kappa shape index (κ3) is 4.60. The molecule has 0 bridgehead atoms. The van der Waals surface area contributed by atoms with Gasteiger partial charge in [0.2, 0.25) is 5.91 Å². The van der Waals surface area contributed by atoms with E-state index >= 15 is 0 Å². The molecule has 27 heavy (non-hydrogen) atoms. The van der Waals surface area contributed by atoms with Gasteiger partial charge < -0.3 is 10.6 Å². The highest BCUT2D eigenvalue weighted by Gasteiger charge is 2.23. The summed E-state index contributed by atoms with van der Waals surface area (Å²) in [5, 5.41) is 11.1. The van der Waals surface area contributed by atoms with Gasteiger partial charge >= 0.3 is 0 Å². The number of hydrogen-bond donors (Lipinski definition) is 1. The van der Waals surface area contributed by atoms with Gasteiger partial charge in [0.25, 0.3) is 5.69 Å². The van der Waals surface area contributed by atoms with Gasteiger partial charge in [-0.15, -0.1) is 0 Å². The number of hydrogen-bond acceptors (Lipinski definition) is 4. The highest BCUT2D eigenvalue weighted by Crippen LogP contribution is 2.29. The van der Waals surface area contributed by atoms with Crippen molar-refractivity contribution in [2.45, 2.75) is 25.3 Å². The molecule has 1 aliphatic rings. The van der Waals surface area contributed by atoms with E-state index in [-0.39, 0.29) is 11.6 Å². The predicted molar refractivity (Wildman–Crippen MR) is 105 cm³/mol. The lowest BCUT2D eigenvalue weighted by Gasteiger charge is -2.31. The fraction of sp³-hybridized carbons (Fsp3) is 0.286. The Kier molecular flexibility index (Phi) is 5.98. The summed E-state index contributed by atoms with van der Waals surface area (Å²) >= 11 is 0. The Hall–Kier alpha value is -2.99. The van der Waals surface area contributed by atoms with Crippen LogP contribution < -0.4 is 5.73 Å². The van der Waals surface area contributed by atoms with E-state index in [2.05, 4.69) is 12.1 Å². The van der Waals surface area contributed by atoms with Crippen LogP contribution in [0.3, 0.4) is 0 Å². The molecule has 6 nitrogen and oxygen atoms in total. The van der Waals surface area contributed by atoms with Crippen molar-refractivity contribution in [3.63, 3.8) is 0 Å². The molecule has 0 radical (unpaired) electrons. The van der Waals surface area contributed by atoms with Crippen molar-refractivity contribution in [2.24, 2.45) is 5.73 Å². The average molecular weight is 365 g/mol. The molecule has 0 aliphatic carbocycles. The van der Waals surface area contributed by atoms with E-state index in [9.17, 15) is 14.9 Å². The third-order valence-corrected chi connectivity index (χ3v) is 5.00. The molecule has 0 spiro atoms. The maximum Gasteiger partial charge on any atom is 0.276 e. The second-order valence-corrected chi connectivity index (χ2v) is 6.70. The molecule has 1 saturated heterocycles. The lowest BCUT2D eigenvalue weighted by molar-refractivity contribution is -0.385. The van der Waals surface area contributed by atoms with Crippen LogP contribution in [0.15, 0.2) is 54.6 Å². The van der Waals surface area contributed by atoms with E-state index in [0.29, 0.717) is 31.1 Å². The molecule has 1 amide bonds. The van der Waals surface area contributed by atoms with E-state index < -0.39 is 4.92 Å². The zero-order valence-electron chi connectivity index (χ0n) is 15.1. The number of nitro benzene ring substituents is 1. The van der Waals surface area contributed by atoms with Gasteiger partial charge in [0, 0.05) is 31.8 Å². The maximum absolute atomic E-state index is 12.4. The molecule has 0 aromatic heterocycles. The van der Waals surface area contributed by atoms with Crippen molar-refractivity contribution in [3.05, 3.63) is 81.4 Å². The normalized spacial score (nSPS) is 15.2. The lowest BCUT2D eigenvalue weighted by Crippen LogP contribution is -2.36. The summed E-state index contributed by atoms with van der Waals surface area (Å²) in [5.74, 6) is 0.321. The van der Waals surface area contributed by atoms with Crippen LogP contribution in [0, 0.1) is 10.1 Å². The van der Waals surface area contributed by atoms with Crippen LogP contribution in [-0.2, 0) is 11.3 Å². The number of benzene rings is 2. The molecular weight excluding hydrogens is 342 g/mol. The van der Waals surface area contributed by atoms with Gasteiger partial charge in [-0.3, -0.25) is 14.9 Å².